The van der Waals surface area contributed by atoms with Crippen molar-refractivity contribution in [1.82, 2.24) is 9.97 Å². The lowest BCUT2D eigenvalue weighted by molar-refractivity contribution is 0.321. The number of nitrogens with zero attached hydrogens (tertiary/aromatic N) is 3. The van der Waals surface area contributed by atoms with Gasteiger partial charge in [0, 0.05) is 5.69 Å². The molecule has 1 aromatic heterocycles. The molecule has 0 aliphatic carbocycles. The summed E-state index contributed by atoms with van der Waals surface area (Å²) in [6.45, 7) is 1.84. The third-order valence-corrected chi connectivity index (χ3v) is 1.01. The second kappa shape index (κ2) is 2.91. The average Bonchev–Trinajstić information content (AvgIpc) is 1.88. The fourth-order valence-electron chi connectivity index (χ4n) is 0.605. The molecule has 0 unspecified atom stereocenters. The Morgan fingerprint density at radius 1 is 1.60 bits per heavy atom. The highest BCUT2D eigenvalue weighted by Crippen LogP contribution is 1.91. The van der Waals surface area contributed by atoms with Crippen molar-refractivity contribution >= 4 is 6.21 Å². The Morgan fingerprint density at radius 2 is 2.40 bits per heavy atom. The van der Waals surface area contributed by atoms with Gasteiger partial charge in [0.25, 0.3) is 0 Å². The summed E-state index contributed by atoms with van der Waals surface area (Å²) in [6, 6.07) is 1.72. The second-order valence-electron chi connectivity index (χ2n) is 1.83. The maximum absolute atomic E-state index is 8.12. The predicted molar refractivity (Wildman–Crippen MR) is 36.1 cm³/mol. The zero-order valence-corrected chi connectivity index (χ0v) is 5.52. The zero-order chi connectivity index (χ0) is 7.40. The van der Waals surface area contributed by atoms with E-state index in [9.17, 15) is 0 Å². The molecular formula is C6H7N3O. The van der Waals surface area contributed by atoms with Gasteiger partial charge in [-0.2, -0.15) is 0 Å². The van der Waals surface area contributed by atoms with Crippen molar-refractivity contribution in [3.63, 3.8) is 0 Å². The van der Waals surface area contributed by atoms with Crippen LogP contribution >= 0.6 is 0 Å². The summed E-state index contributed by atoms with van der Waals surface area (Å²) in [4.78, 5) is 7.68. The first-order valence-corrected chi connectivity index (χ1v) is 2.79. The maximum Gasteiger partial charge on any atom is 0.116 e. The SMILES string of the molecule is Cc1cc(/C=N/O)ncn1. The van der Waals surface area contributed by atoms with Gasteiger partial charge in [-0.3, -0.25) is 0 Å². The molecule has 0 radical (unpaired) electrons. The Bertz CT molecular complexity index is 247. The molecule has 0 aliphatic rings. The molecule has 1 heterocycles. The smallest absolute Gasteiger partial charge is 0.116 e. The van der Waals surface area contributed by atoms with Crippen molar-refractivity contribution in [3.05, 3.63) is 23.8 Å². The minimum Gasteiger partial charge on any atom is -0.411 e. The lowest BCUT2D eigenvalue weighted by atomic mass is 10.3. The topological polar surface area (TPSA) is 58.4 Å². The number of aryl methyl sites for hydroxylation is 1. The average molecular weight is 137 g/mol. The summed E-state index contributed by atoms with van der Waals surface area (Å²) in [7, 11) is 0. The van der Waals surface area contributed by atoms with Gasteiger partial charge >= 0.3 is 0 Å². The Balaban J connectivity index is 2.95. The van der Waals surface area contributed by atoms with Crippen molar-refractivity contribution in [3.8, 4) is 0 Å². The number of aromatic nitrogens is 2. The minimum absolute atomic E-state index is 0.606. The van der Waals surface area contributed by atoms with Crippen LogP contribution in [0.3, 0.4) is 0 Å². The number of hydrogen-bond acceptors (Lipinski definition) is 4. The first-order chi connectivity index (χ1) is 4.83. The van der Waals surface area contributed by atoms with Crippen LogP contribution in [0, 0.1) is 6.92 Å². The van der Waals surface area contributed by atoms with E-state index in [1.165, 1.54) is 12.5 Å². The van der Waals surface area contributed by atoms with Crippen LogP contribution in [0.5, 0.6) is 0 Å². The summed E-state index contributed by atoms with van der Waals surface area (Å²) >= 11 is 0. The van der Waals surface area contributed by atoms with E-state index < -0.39 is 0 Å². The van der Waals surface area contributed by atoms with E-state index in [-0.39, 0.29) is 0 Å². The van der Waals surface area contributed by atoms with E-state index >= 15 is 0 Å². The molecule has 0 saturated heterocycles. The van der Waals surface area contributed by atoms with Crippen molar-refractivity contribution in [2.75, 3.05) is 0 Å². The van der Waals surface area contributed by atoms with Crippen LogP contribution in [-0.4, -0.2) is 21.4 Å². The molecule has 0 atom stereocenters. The molecule has 4 nitrogen and oxygen atoms in total. The Morgan fingerprint density at radius 3 is 3.00 bits per heavy atom. The largest absolute Gasteiger partial charge is 0.411 e. The highest BCUT2D eigenvalue weighted by atomic mass is 16.4. The molecule has 10 heavy (non-hydrogen) atoms. The molecule has 4 heteroatoms. The molecule has 0 fully saturated rings. The Hall–Kier alpha value is -1.45. The van der Waals surface area contributed by atoms with Crippen molar-refractivity contribution < 1.29 is 5.21 Å². The summed E-state index contributed by atoms with van der Waals surface area (Å²) < 4.78 is 0. The van der Waals surface area contributed by atoms with Crippen LogP contribution in [0.2, 0.25) is 0 Å². The Kier molecular flexibility index (Phi) is 1.94. The van der Waals surface area contributed by atoms with Gasteiger partial charge in [0.15, 0.2) is 0 Å². The third-order valence-electron chi connectivity index (χ3n) is 1.01. The standard InChI is InChI=1S/C6H7N3O/c1-5-2-6(3-9-10)8-4-7-5/h2-4,10H,1H3/b9-3+. The van der Waals surface area contributed by atoms with Crippen LogP contribution in [0.15, 0.2) is 17.5 Å². The number of oxime groups is 1. The van der Waals surface area contributed by atoms with E-state index in [4.69, 9.17) is 5.21 Å². The van der Waals surface area contributed by atoms with Crippen LogP contribution in [-0.2, 0) is 0 Å². The third kappa shape index (κ3) is 1.51. The van der Waals surface area contributed by atoms with Gasteiger partial charge in [0.1, 0.15) is 6.33 Å². The van der Waals surface area contributed by atoms with Crippen molar-refractivity contribution in [1.29, 1.82) is 0 Å². The monoisotopic (exact) mass is 137 g/mol. The normalized spacial score (nSPS) is 10.5. The molecule has 0 aliphatic heterocycles. The van der Waals surface area contributed by atoms with Crippen molar-refractivity contribution in [2.45, 2.75) is 6.92 Å². The van der Waals surface area contributed by atoms with Gasteiger partial charge in [-0.05, 0) is 13.0 Å². The van der Waals surface area contributed by atoms with Gasteiger partial charge in [0.05, 0.1) is 11.9 Å². The molecular weight excluding hydrogens is 130 g/mol. The minimum atomic E-state index is 0.606. The summed E-state index contributed by atoms with van der Waals surface area (Å²) in [5, 5.41) is 11.0. The molecule has 0 spiro atoms. The van der Waals surface area contributed by atoms with Crippen molar-refractivity contribution in [2.24, 2.45) is 5.16 Å². The molecule has 0 bridgehead atoms. The van der Waals surface area contributed by atoms with E-state index in [1.54, 1.807) is 6.07 Å². The predicted octanol–water partition coefficient (Wildman–Crippen LogP) is 0.593. The zero-order valence-electron chi connectivity index (χ0n) is 5.52. The highest BCUT2D eigenvalue weighted by Gasteiger charge is 1.88. The van der Waals surface area contributed by atoms with E-state index in [0.29, 0.717) is 5.69 Å². The summed E-state index contributed by atoms with van der Waals surface area (Å²) in [5.74, 6) is 0. The fraction of sp³-hybridized carbons (Fsp3) is 0.167. The van der Waals surface area contributed by atoms with Crippen LogP contribution in [0.25, 0.3) is 0 Å². The quantitative estimate of drug-likeness (QED) is 0.350. The maximum atomic E-state index is 8.12. The van der Waals surface area contributed by atoms with E-state index in [2.05, 4.69) is 15.1 Å². The summed E-state index contributed by atoms with van der Waals surface area (Å²) in [5.41, 5.74) is 1.46. The molecule has 1 rings (SSSR count). The molecule has 0 amide bonds. The first-order valence-electron chi connectivity index (χ1n) is 2.79. The van der Waals surface area contributed by atoms with Gasteiger partial charge in [0.2, 0.25) is 0 Å². The lowest BCUT2D eigenvalue weighted by Gasteiger charge is -1.90. The lowest BCUT2D eigenvalue weighted by Crippen LogP contribution is -1.90. The first kappa shape index (κ1) is 6.67. The Labute approximate surface area is 58.2 Å². The van der Waals surface area contributed by atoms with Crippen LogP contribution in [0.1, 0.15) is 11.4 Å². The van der Waals surface area contributed by atoms with Gasteiger partial charge in [-0.25, -0.2) is 9.97 Å². The van der Waals surface area contributed by atoms with E-state index in [1.807, 2.05) is 6.92 Å². The molecule has 52 valence electrons. The molecule has 0 aromatic carbocycles. The molecule has 0 saturated carbocycles. The van der Waals surface area contributed by atoms with Gasteiger partial charge in [-0.1, -0.05) is 5.16 Å². The number of rotatable bonds is 1. The fourth-order valence-corrected chi connectivity index (χ4v) is 0.605. The van der Waals surface area contributed by atoms with Crippen LogP contribution < -0.4 is 0 Å². The molecule has 1 N–H and O–H groups in total. The van der Waals surface area contributed by atoms with Gasteiger partial charge in [-0.15, -0.1) is 0 Å². The molecule has 1 aromatic rings. The summed E-state index contributed by atoms with van der Waals surface area (Å²) in [6.07, 6.45) is 2.68. The second-order valence-corrected chi connectivity index (χ2v) is 1.83. The van der Waals surface area contributed by atoms with E-state index in [0.717, 1.165) is 5.69 Å². The van der Waals surface area contributed by atoms with Crippen LogP contribution in [0.4, 0.5) is 0 Å². The van der Waals surface area contributed by atoms with Gasteiger partial charge < -0.3 is 5.21 Å². The highest BCUT2D eigenvalue weighted by molar-refractivity contribution is 5.76. The number of hydrogen-bond donors (Lipinski definition) is 1.